The Morgan fingerprint density at radius 1 is 1.12 bits per heavy atom. The van der Waals surface area contributed by atoms with E-state index in [-0.39, 0.29) is 11.4 Å². The maximum absolute atomic E-state index is 12.3. The van der Waals surface area contributed by atoms with E-state index in [1.165, 1.54) is 11.1 Å². The summed E-state index contributed by atoms with van der Waals surface area (Å²) in [5, 5.41) is 0.852. The third kappa shape index (κ3) is 2.23. The monoisotopic (exact) mass is 320 g/mol. The zero-order valence-corrected chi connectivity index (χ0v) is 14.0. The number of aryl methyl sites for hydroxylation is 1. The molecule has 2 aromatic carbocycles. The van der Waals surface area contributed by atoms with E-state index in [1.54, 1.807) is 0 Å². The molecule has 0 aliphatic heterocycles. The van der Waals surface area contributed by atoms with Crippen LogP contribution in [0, 0.1) is 6.92 Å². The van der Waals surface area contributed by atoms with Crippen molar-refractivity contribution in [2.75, 3.05) is 6.61 Å². The van der Waals surface area contributed by atoms with E-state index in [0.717, 1.165) is 23.8 Å². The number of carbonyl (C=O) groups is 1. The van der Waals surface area contributed by atoms with Crippen LogP contribution in [0.15, 0.2) is 52.9 Å². The summed E-state index contributed by atoms with van der Waals surface area (Å²) in [6.45, 7) is 3.99. The summed E-state index contributed by atoms with van der Waals surface area (Å²) < 4.78 is 11.0. The van der Waals surface area contributed by atoms with Gasteiger partial charge >= 0.3 is 5.97 Å². The van der Waals surface area contributed by atoms with Gasteiger partial charge in [-0.15, -0.1) is 0 Å². The molecule has 0 N–H and O–H groups in total. The molecule has 1 heterocycles. The first-order valence-electron chi connectivity index (χ1n) is 8.42. The molecule has 24 heavy (non-hydrogen) atoms. The molecule has 1 aromatic heterocycles. The molecule has 3 aromatic rings. The molecule has 122 valence electrons. The maximum Gasteiger partial charge on any atom is 0.342 e. The molecule has 1 saturated carbocycles. The molecule has 3 heteroatoms. The summed E-state index contributed by atoms with van der Waals surface area (Å²) in [7, 11) is 0. The first kappa shape index (κ1) is 15.0. The first-order chi connectivity index (χ1) is 11.7. The second-order valence-corrected chi connectivity index (χ2v) is 6.41. The number of furan rings is 1. The third-order valence-corrected chi connectivity index (χ3v) is 4.97. The molecule has 3 nitrogen and oxygen atoms in total. The molecule has 0 saturated heterocycles. The number of ether oxygens (including phenoxy) is 1. The van der Waals surface area contributed by atoms with Gasteiger partial charge in [0.15, 0.2) is 0 Å². The van der Waals surface area contributed by atoms with Crippen molar-refractivity contribution in [2.24, 2.45) is 0 Å². The van der Waals surface area contributed by atoms with Crippen molar-refractivity contribution >= 4 is 16.9 Å². The van der Waals surface area contributed by atoms with Gasteiger partial charge in [0, 0.05) is 10.8 Å². The van der Waals surface area contributed by atoms with E-state index in [0.29, 0.717) is 17.9 Å². The van der Waals surface area contributed by atoms with Gasteiger partial charge in [0.1, 0.15) is 16.9 Å². The molecule has 0 atom stereocenters. The van der Waals surface area contributed by atoms with Crippen molar-refractivity contribution < 1.29 is 13.9 Å². The summed E-state index contributed by atoms with van der Waals surface area (Å²) in [5.41, 5.74) is 3.95. The van der Waals surface area contributed by atoms with Crippen LogP contribution in [0.1, 0.15) is 47.0 Å². The van der Waals surface area contributed by atoms with Crippen molar-refractivity contribution in [3.05, 3.63) is 71.0 Å². The van der Waals surface area contributed by atoms with Gasteiger partial charge in [0.2, 0.25) is 0 Å². The zero-order valence-electron chi connectivity index (χ0n) is 14.0. The van der Waals surface area contributed by atoms with E-state index in [2.05, 4.69) is 36.4 Å². The fraction of sp³-hybridized carbons (Fsp3) is 0.286. The lowest BCUT2D eigenvalue weighted by atomic mass is 9.87. The molecule has 1 fully saturated rings. The first-order valence-corrected chi connectivity index (χ1v) is 8.42. The lowest BCUT2D eigenvalue weighted by Crippen LogP contribution is -2.09. The summed E-state index contributed by atoms with van der Waals surface area (Å²) in [5.74, 6) is 0.306. The van der Waals surface area contributed by atoms with Crippen LogP contribution in [-0.2, 0) is 10.2 Å². The van der Waals surface area contributed by atoms with E-state index in [1.807, 2.05) is 26.0 Å². The number of hydrogen-bond donors (Lipinski definition) is 0. The van der Waals surface area contributed by atoms with Crippen LogP contribution in [0.4, 0.5) is 0 Å². The van der Waals surface area contributed by atoms with Gasteiger partial charge < -0.3 is 9.15 Å². The lowest BCUT2D eigenvalue weighted by molar-refractivity contribution is 0.0526. The quantitative estimate of drug-likeness (QED) is 0.635. The number of rotatable bonds is 4. The number of carbonyl (C=O) groups excluding carboxylic acids is 1. The molecule has 0 spiro atoms. The van der Waals surface area contributed by atoms with Crippen molar-refractivity contribution in [1.29, 1.82) is 0 Å². The lowest BCUT2D eigenvalue weighted by Gasteiger charge is -2.16. The Hall–Kier alpha value is -2.55. The van der Waals surface area contributed by atoms with Gasteiger partial charge in [0.25, 0.3) is 0 Å². The van der Waals surface area contributed by atoms with Gasteiger partial charge in [-0.3, -0.25) is 0 Å². The number of fused-ring (bicyclic) bond motifs is 1. The molecule has 0 radical (unpaired) electrons. The van der Waals surface area contributed by atoms with Crippen LogP contribution in [0.25, 0.3) is 11.0 Å². The highest BCUT2D eigenvalue weighted by Gasteiger charge is 2.45. The van der Waals surface area contributed by atoms with Crippen LogP contribution < -0.4 is 0 Å². The van der Waals surface area contributed by atoms with Crippen LogP contribution >= 0.6 is 0 Å². The van der Waals surface area contributed by atoms with Crippen LogP contribution in [-0.4, -0.2) is 12.6 Å². The van der Waals surface area contributed by atoms with Crippen LogP contribution in [0.5, 0.6) is 0 Å². The smallest absolute Gasteiger partial charge is 0.342 e. The van der Waals surface area contributed by atoms with E-state index >= 15 is 0 Å². The minimum Gasteiger partial charge on any atom is -0.462 e. The number of benzene rings is 2. The summed E-state index contributed by atoms with van der Waals surface area (Å²) in [4.78, 5) is 12.3. The summed E-state index contributed by atoms with van der Waals surface area (Å²) >= 11 is 0. The van der Waals surface area contributed by atoms with Gasteiger partial charge in [-0.1, -0.05) is 36.4 Å². The number of hydrogen-bond acceptors (Lipinski definition) is 3. The Kier molecular flexibility index (Phi) is 3.45. The van der Waals surface area contributed by atoms with Crippen molar-refractivity contribution in [1.82, 2.24) is 0 Å². The minimum atomic E-state index is -0.310. The summed E-state index contributed by atoms with van der Waals surface area (Å²) in [6, 6.07) is 16.8. The molecule has 1 aliphatic rings. The second-order valence-electron chi connectivity index (χ2n) is 6.41. The van der Waals surface area contributed by atoms with E-state index in [4.69, 9.17) is 9.15 Å². The second kappa shape index (κ2) is 5.52. The fourth-order valence-corrected chi connectivity index (χ4v) is 3.60. The zero-order chi connectivity index (χ0) is 16.7. The average molecular weight is 320 g/mol. The standard InChI is InChI=1S/C21H20O3/c1-3-23-20(22)19-14(2)24-18-10-9-16(13-17(18)19)21(11-12-21)15-7-5-4-6-8-15/h4-10,13H,3,11-12H2,1-2H3. The molecular weight excluding hydrogens is 300 g/mol. The van der Waals surface area contributed by atoms with Gasteiger partial charge in [0.05, 0.1) is 6.61 Å². The summed E-state index contributed by atoms with van der Waals surface area (Å²) in [6.07, 6.45) is 2.27. The van der Waals surface area contributed by atoms with E-state index in [9.17, 15) is 4.79 Å². The van der Waals surface area contributed by atoms with Gasteiger partial charge in [-0.2, -0.15) is 0 Å². The molecule has 4 rings (SSSR count). The molecule has 0 bridgehead atoms. The Morgan fingerprint density at radius 2 is 1.88 bits per heavy atom. The van der Waals surface area contributed by atoms with Crippen molar-refractivity contribution in [3.63, 3.8) is 0 Å². The Labute approximate surface area is 141 Å². The predicted octanol–water partition coefficient (Wildman–Crippen LogP) is 5.00. The largest absolute Gasteiger partial charge is 0.462 e. The predicted molar refractivity (Wildman–Crippen MR) is 93.4 cm³/mol. The molecular formula is C21H20O3. The molecule has 0 unspecified atom stereocenters. The van der Waals surface area contributed by atoms with Crippen LogP contribution in [0.3, 0.4) is 0 Å². The highest BCUT2D eigenvalue weighted by Crippen LogP contribution is 2.54. The molecule has 0 amide bonds. The maximum atomic E-state index is 12.3. The van der Waals surface area contributed by atoms with Gasteiger partial charge in [-0.25, -0.2) is 4.79 Å². The average Bonchev–Trinajstić information content (AvgIpc) is 3.33. The van der Waals surface area contributed by atoms with Gasteiger partial charge in [-0.05, 0) is 49.9 Å². The SMILES string of the molecule is CCOC(=O)c1c(C)oc2ccc(C3(c4ccccc4)CC3)cc12. The Balaban J connectivity index is 1.84. The normalized spacial score (nSPS) is 15.4. The minimum absolute atomic E-state index is 0.0759. The Morgan fingerprint density at radius 3 is 2.54 bits per heavy atom. The third-order valence-electron chi connectivity index (χ3n) is 4.97. The van der Waals surface area contributed by atoms with E-state index < -0.39 is 0 Å². The molecule has 1 aliphatic carbocycles. The van der Waals surface area contributed by atoms with Crippen molar-refractivity contribution in [3.8, 4) is 0 Å². The van der Waals surface area contributed by atoms with Crippen molar-refractivity contribution in [2.45, 2.75) is 32.1 Å². The highest BCUT2D eigenvalue weighted by atomic mass is 16.5. The Bertz CT molecular complexity index is 901. The highest BCUT2D eigenvalue weighted by molar-refractivity contribution is 6.04. The number of esters is 1. The van der Waals surface area contributed by atoms with Crippen LogP contribution in [0.2, 0.25) is 0 Å². The topological polar surface area (TPSA) is 39.4 Å². The fourth-order valence-electron chi connectivity index (χ4n) is 3.60.